The van der Waals surface area contributed by atoms with E-state index in [0.717, 1.165) is 30.0 Å². The lowest BCUT2D eigenvalue weighted by molar-refractivity contribution is -0.928. The largest absolute Gasteiger partial charge is 0.484 e. The smallest absolute Gasteiger partial charge is 0.257 e. The van der Waals surface area contributed by atoms with Gasteiger partial charge in [-0.15, -0.1) is 0 Å². The van der Waals surface area contributed by atoms with E-state index in [9.17, 15) is 4.79 Å². The molecule has 1 aliphatic rings. The molecule has 0 spiro atoms. The van der Waals surface area contributed by atoms with Gasteiger partial charge in [-0.05, 0) is 44.4 Å². The van der Waals surface area contributed by atoms with Crippen molar-refractivity contribution in [1.82, 2.24) is 5.32 Å². The second-order valence-electron chi connectivity index (χ2n) is 6.00. The number of halogens is 1. The Hall–Kier alpha value is -1.07. The van der Waals surface area contributed by atoms with Crippen LogP contribution in [0.3, 0.4) is 0 Å². The van der Waals surface area contributed by atoms with Crippen molar-refractivity contribution in [2.45, 2.75) is 38.6 Å². The molecule has 2 N–H and O–H groups in total. The van der Waals surface area contributed by atoms with E-state index in [1.807, 2.05) is 24.3 Å². The summed E-state index contributed by atoms with van der Waals surface area (Å²) in [4.78, 5) is 13.4. The van der Waals surface area contributed by atoms with E-state index in [-0.39, 0.29) is 12.5 Å². The van der Waals surface area contributed by atoms with Gasteiger partial charge < -0.3 is 15.0 Å². The van der Waals surface area contributed by atoms with Gasteiger partial charge in [0.15, 0.2) is 6.61 Å². The zero-order valence-electron chi connectivity index (χ0n) is 13.2. The zero-order valence-corrected chi connectivity index (χ0v) is 14.8. The van der Waals surface area contributed by atoms with Crippen molar-refractivity contribution in [2.24, 2.45) is 0 Å². The van der Waals surface area contributed by atoms with Crippen LogP contribution in [-0.2, 0) is 4.79 Å². The fourth-order valence-electron chi connectivity index (χ4n) is 2.92. The topological polar surface area (TPSA) is 42.8 Å². The van der Waals surface area contributed by atoms with Crippen LogP contribution in [0.4, 0.5) is 0 Å². The van der Waals surface area contributed by atoms with Crippen LogP contribution >= 0.6 is 15.9 Å². The van der Waals surface area contributed by atoms with Crippen molar-refractivity contribution < 1.29 is 14.4 Å². The Morgan fingerprint density at radius 3 is 3.09 bits per heavy atom. The van der Waals surface area contributed by atoms with Crippen LogP contribution in [0.2, 0.25) is 0 Å². The average molecular weight is 370 g/mol. The fraction of sp³-hybridized carbons (Fsp3) is 0.588. The maximum atomic E-state index is 11.8. The molecule has 5 heteroatoms. The number of likely N-dealkylation sites (tertiary alicyclic amines) is 1. The van der Waals surface area contributed by atoms with Gasteiger partial charge in [-0.1, -0.05) is 22.0 Å². The van der Waals surface area contributed by atoms with Crippen molar-refractivity contribution in [3.05, 3.63) is 28.7 Å². The number of carbonyl (C=O) groups is 1. The van der Waals surface area contributed by atoms with Crippen molar-refractivity contribution in [3.63, 3.8) is 0 Å². The monoisotopic (exact) mass is 369 g/mol. The third-order valence-corrected chi connectivity index (χ3v) is 4.74. The molecule has 22 heavy (non-hydrogen) atoms. The first-order valence-corrected chi connectivity index (χ1v) is 8.94. The number of hydrogen-bond donors (Lipinski definition) is 2. The number of amides is 1. The van der Waals surface area contributed by atoms with E-state index in [2.05, 4.69) is 28.2 Å². The van der Waals surface area contributed by atoms with Crippen LogP contribution in [0.5, 0.6) is 5.75 Å². The Labute approximate surface area is 141 Å². The second kappa shape index (κ2) is 9.16. The molecule has 0 aromatic heterocycles. The van der Waals surface area contributed by atoms with Crippen molar-refractivity contribution in [1.29, 1.82) is 0 Å². The number of benzene rings is 1. The quantitative estimate of drug-likeness (QED) is 0.719. The highest BCUT2D eigenvalue weighted by molar-refractivity contribution is 9.10. The van der Waals surface area contributed by atoms with Gasteiger partial charge in [0.2, 0.25) is 0 Å². The molecule has 0 aliphatic carbocycles. The number of hydrogen-bond acceptors (Lipinski definition) is 2. The SMILES string of the molecule is C[C@@H]1CCCC[NH+]1CCCNC(=O)COc1cccc(Br)c1. The molecule has 1 aromatic rings. The molecule has 0 radical (unpaired) electrons. The zero-order chi connectivity index (χ0) is 15.8. The first kappa shape index (κ1) is 17.3. The molecule has 1 aliphatic heterocycles. The lowest BCUT2D eigenvalue weighted by Crippen LogP contribution is -3.16. The van der Waals surface area contributed by atoms with E-state index in [1.54, 1.807) is 4.90 Å². The van der Waals surface area contributed by atoms with Gasteiger partial charge in [0, 0.05) is 17.4 Å². The standard InChI is InChI=1S/C17H25BrN2O2/c1-14-6-2-3-10-20(14)11-5-9-19-17(21)13-22-16-8-4-7-15(18)12-16/h4,7-8,12,14H,2-3,5-6,9-11,13H2,1H3,(H,19,21)/p+1/t14-/m1/s1. The molecule has 0 saturated carbocycles. The van der Waals surface area contributed by atoms with Crippen LogP contribution < -0.4 is 15.0 Å². The van der Waals surface area contributed by atoms with Gasteiger partial charge >= 0.3 is 0 Å². The van der Waals surface area contributed by atoms with Crippen molar-refractivity contribution >= 4 is 21.8 Å². The van der Waals surface area contributed by atoms with Crippen LogP contribution in [0, 0.1) is 0 Å². The average Bonchev–Trinajstić information content (AvgIpc) is 2.51. The van der Waals surface area contributed by atoms with E-state index in [1.165, 1.54) is 25.8 Å². The van der Waals surface area contributed by atoms with Crippen LogP contribution in [-0.4, -0.2) is 38.2 Å². The van der Waals surface area contributed by atoms with Gasteiger partial charge in [0.05, 0.1) is 19.1 Å². The summed E-state index contributed by atoms with van der Waals surface area (Å²) in [5, 5.41) is 2.93. The Balaban J connectivity index is 1.57. The van der Waals surface area contributed by atoms with Gasteiger partial charge in [0.25, 0.3) is 5.91 Å². The second-order valence-corrected chi connectivity index (χ2v) is 6.92. The predicted molar refractivity (Wildman–Crippen MR) is 91.3 cm³/mol. The Kier molecular flexibility index (Phi) is 7.19. The Morgan fingerprint density at radius 1 is 1.45 bits per heavy atom. The summed E-state index contributed by atoms with van der Waals surface area (Å²) in [5.41, 5.74) is 0. The Morgan fingerprint density at radius 2 is 2.32 bits per heavy atom. The van der Waals surface area contributed by atoms with Gasteiger partial charge in [-0.3, -0.25) is 4.79 Å². The minimum absolute atomic E-state index is 0.0540. The molecule has 0 bridgehead atoms. The number of nitrogens with one attached hydrogen (secondary N) is 2. The molecule has 1 fully saturated rings. The summed E-state index contributed by atoms with van der Waals surface area (Å²) in [7, 11) is 0. The van der Waals surface area contributed by atoms with E-state index in [4.69, 9.17) is 4.74 Å². The fourth-order valence-corrected chi connectivity index (χ4v) is 3.30. The lowest BCUT2D eigenvalue weighted by Gasteiger charge is -2.30. The minimum atomic E-state index is -0.0540. The lowest BCUT2D eigenvalue weighted by atomic mass is 10.0. The number of carbonyl (C=O) groups excluding carboxylic acids is 1. The molecule has 2 rings (SSSR count). The molecule has 1 saturated heterocycles. The summed E-state index contributed by atoms with van der Waals surface area (Å²) in [6.07, 6.45) is 5.07. The molecule has 1 unspecified atom stereocenters. The summed E-state index contributed by atoms with van der Waals surface area (Å²) < 4.78 is 6.41. The summed E-state index contributed by atoms with van der Waals surface area (Å²) in [6, 6.07) is 8.29. The molecule has 4 nitrogen and oxygen atoms in total. The third kappa shape index (κ3) is 5.97. The molecular formula is C17H26BrN2O2+. The summed E-state index contributed by atoms with van der Waals surface area (Å²) in [5.74, 6) is 0.651. The highest BCUT2D eigenvalue weighted by Crippen LogP contribution is 2.17. The predicted octanol–water partition coefficient (Wildman–Crippen LogP) is 1.79. The molecule has 2 atom stereocenters. The first-order chi connectivity index (χ1) is 10.6. The maximum Gasteiger partial charge on any atom is 0.257 e. The third-order valence-electron chi connectivity index (χ3n) is 4.24. The molecular weight excluding hydrogens is 344 g/mol. The normalized spacial score (nSPS) is 21.4. The summed E-state index contributed by atoms with van der Waals surface area (Å²) in [6.45, 7) is 5.56. The van der Waals surface area contributed by atoms with E-state index in [0.29, 0.717) is 5.75 Å². The van der Waals surface area contributed by atoms with Crippen LogP contribution in [0.15, 0.2) is 28.7 Å². The first-order valence-electron chi connectivity index (χ1n) is 8.15. The number of piperidine rings is 1. The van der Waals surface area contributed by atoms with Crippen molar-refractivity contribution in [2.75, 3.05) is 26.2 Å². The minimum Gasteiger partial charge on any atom is -0.484 e. The van der Waals surface area contributed by atoms with Gasteiger partial charge in [-0.2, -0.15) is 0 Å². The van der Waals surface area contributed by atoms with Gasteiger partial charge in [0.1, 0.15) is 5.75 Å². The van der Waals surface area contributed by atoms with Crippen LogP contribution in [0.25, 0.3) is 0 Å². The number of rotatable bonds is 7. The highest BCUT2D eigenvalue weighted by atomic mass is 79.9. The molecule has 1 heterocycles. The maximum absolute atomic E-state index is 11.8. The Bertz CT molecular complexity index is 481. The number of ether oxygens (including phenoxy) is 1. The highest BCUT2D eigenvalue weighted by Gasteiger charge is 2.20. The molecule has 1 amide bonds. The van der Waals surface area contributed by atoms with Gasteiger partial charge in [-0.25, -0.2) is 0 Å². The van der Waals surface area contributed by atoms with E-state index >= 15 is 0 Å². The number of quaternary nitrogens is 1. The van der Waals surface area contributed by atoms with Crippen molar-refractivity contribution in [3.8, 4) is 5.75 Å². The van der Waals surface area contributed by atoms with E-state index < -0.39 is 0 Å². The summed E-state index contributed by atoms with van der Waals surface area (Å²) >= 11 is 3.38. The molecule has 122 valence electrons. The molecule has 1 aromatic carbocycles. The van der Waals surface area contributed by atoms with Crippen LogP contribution in [0.1, 0.15) is 32.6 Å².